The Hall–Kier alpha value is -2.41. The molecule has 6 nitrogen and oxygen atoms in total. The molecule has 3 amide bonds. The first-order chi connectivity index (χ1) is 11.2. The zero-order valence-electron chi connectivity index (χ0n) is 12.6. The lowest BCUT2D eigenvalue weighted by atomic mass is 9.96. The molecule has 3 heterocycles. The van der Waals surface area contributed by atoms with Crippen LogP contribution in [0, 0.1) is 5.92 Å². The van der Waals surface area contributed by atoms with Gasteiger partial charge in [0.15, 0.2) is 0 Å². The lowest BCUT2D eigenvalue weighted by molar-refractivity contribution is -0.121. The van der Waals surface area contributed by atoms with Crippen molar-refractivity contribution in [2.24, 2.45) is 5.92 Å². The minimum absolute atomic E-state index is 0.00341. The van der Waals surface area contributed by atoms with E-state index in [2.05, 4.69) is 15.6 Å². The van der Waals surface area contributed by atoms with Gasteiger partial charge in [-0.25, -0.2) is 4.79 Å². The third kappa shape index (κ3) is 4.07. The summed E-state index contributed by atoms with van der Waals surface area (Å²) in [6.07, 6.45) is 4.63. The van der Waals surface area contributed by atoms with Gasteiger partial charge in [0.05, 0.1) is 16.9 Å². The summed E-state index contributed by atoms with van der Waals surface area (Å²) in [7, 11) is 0. The summed E-state index contributed by atoms with van der Waals surface area (Å²) in [6.45, 7) is 1.17. The summed E-state index contributed by atoms with van der Waals surface area (Å²) in [6, 6.07) is 7.27. The molecule has 2 aromatic heterocycles. The summed E-state index contributed by atoms with van der Waals surface area (Å²) in [5.74, 6) is -0.0719. The average Bonchev–Trinajstić information content (AvgIpc) is 3.09. The van der Waals surface area contributed by atoms with Crippen LogP contribution in [0.3, 0.4) is 0 Å². The molecule has 0 saturated carbocycles. The van der Waals surface area contributed by atoms with Crippen molar-refractivity contribution >= 4 is 34.0 Å². The first kappa shape index (κ1) is 15.5. The molecule has 1 saturated heterocycles. The maximum Gasteiger partial charge on any atom is 0.322 e. The van der Waals surface area contributed by atoms with Crippen LogP contribution in [0.1, 0.15) is 12.8 Å². The van der Waals surface area contributed by atoms with Gasteiger partial charge in [0.2, 0.25) is 5.91 Å². The normalized spacial score (nSPS) is 15.2. The van der Waals surface area contributed by atoms with Crippen molar-refractivity contribution in [3.8, 4) is 0 Å². The topological polar surface area (TPSA) is 74.3 Å². The number of thiophene rings is 1. The van der Waals surface area contributed by atoms with E-state index in [-0.39, 0.29) is 17.9 Å². The van der Waals surface area contributed by atoms with Crippen molar-refractivity contribution in [2.45, 2.75) is 12.8 Å². The predicted molar refractivity (Wildman–Crippen MR) is 90.5 cm³/mol. The number of nitrogens with one attached hydrogen (secondary N) is 2. The van der Waals surface area contributed by atoms with Crippen molar-refractivity contribution in [1.82, 2.24) is 9.88 Å². The second kappa shape index (κ2) is 7.23. The van der Waals surface area contributed by atoms with Gasteiger partial charge in [-0.2, -0.15) is 0 Å². The average molecular weight is 330 g/mol. The Morgan fingerprint density at radius 3 is 2.65 bits per heavy atom. The van der Waals surface area contributed by atoms with Crippen LogP contribution in [0.15, 0.2) is 42.0 Å². The SMILES string of the molecule is O=C(Nc1cccnc1)C1CCN(C(=O)Nc2cccs2)CC1. The summed E-state index contributed by atoms with van der Waals surface area (Å²) < 4.78 is 0. The fourth-order valence-electron chi connectivity index (χ4n) is 2.56. The molecule has 120 valence electrons. The van der Waals surface area contributed by atoms with Crippen molar-refractivity contribution in [3.05, 3.63) is 42.0 Å². The van der Waals surface area contributed by atoms with Gasteiger partial charge < -0.3 is 10.2 Å². The highest BCUT2D eigenvalue weighted by atomic mass is 32.1. The van der Waals surface area contributed by atoms with Crippen molar-refractivity contribution in [3.63, 3.8) is 0 Å². The number of urea groups is 1. The van der Waals surface area contributed by atoms with Crippen molar-refractivity contribution in [1.29, 1.82) is 0 Å². The number of carbonyl (C=O) groups excluding carboxylic acids is 2. The smallest absolute Gasteiger partial charge is 0.322 e. The fraction of sp³-hybridized carbons (Fsp3) is 0.312. The monoisotopic (exact) mass is 330 g/mol. The number of hydrogen-bond donors (Lipinski definition) is 2. The maximum atomic E-state index is 12.2. The quantitative estimate of drug-likeness (QED) is 0.908. The number of aromatic nitrogens is 1. The summed E-state index contributed by atoms with van der Waals surface area (Å²) in [5, 5.41) is 8.51. The molecule has 0 unspecified atom stereocenters. The zero-order chi connectivity index (χ0) is 16.1. The fourth-order valence-corrected chi connectivity index (χ4v) is 3.17. The van der Waals surface area contributed by atoms with Gasteiger partial charge in [-0.05, 0) is 42.5 Å². The maximum absolute atomic E-state index is 12.2. The van der Waals surface area contributed by atoms with E-state index in [9.17, 15) is 9.59 Å². The van der Waals surface area contributed by atoms with E-state index < -0.39 is 0 Å². The standard InChI is InChI=1S/C16H18N4O2S/c21-15(18-13-3-1-7-17-11-13)12-5-8-20(9-6-12)16(22)19-14-4-2-10-23-14/h1-4,7,10-12H,5-6,8-9H2,(H,18,21)(H,19,22). The third-order valence-corrected chi connectivity index (χ3v) is 4.62. The predicted octanol–water partition coefficient (Wildman–Crippen LogP) is 3.03. The second-order valence-electron chi connectivity index (χ2n) is 5.40. The van der Waals surface area contributed by atoms with Crippen LogP contribution in [0.4, 0.5) is 15.5 Å². The molecular weight excluding hydrogens is 312 g/mol. The number of rotatable bonds is 3. The van der Waals surface area contributed by atoms with Gasteiger partial charge in [-0.15, -0.1) is 11.3 Å². The van der Waals surface area contributed by atoms with Crippen molar-refractivity contribution < 1.29 is 9.59 Å². The first-order valence-electron chi connectivity index (χ1n) is 7.53. The van der Waals surface area contributed by atoms with E-state index in [4.69, 9.17) is 0 Å². The molecule has 1 aliphatic heterocycles. The van der Waals surface area contributed by atoms with Crippen LogP contribution in [0.5, 0.6) is 0 Å². The molecule has 2 N–H and O–H groups in total. The number of amides is 3. The zero-order valence-corrected chi connectivity index (χ0v) is 13.4. The molecular formula is C16H18N4O2S. The van der Waals surface area contributed by atoms with Crippen LogP contribution < -0.4 is 10.6 Å². The minimum atomic E-state index is -0.0985. The van der Waals surface area contributed by atoms with Gasteiger partial charge >= 0.3 is 6.03 Å². The molecule has 2 aromatic rings. The lowest BCUT2D eigenvalue weighted by Crippen LogP contribution is -2.43. The largest absolute Gasteiger partial charge is 0.324 e. The van der Waals surface area contributed by atoms with E-state index in [1.54, 1.807) is 23.4 Å². The van der Waals surface area contributed by atoms with E-state index >= 15 is 0 Å². The van der Waals surface area contributed by atoms with Gasteiger partial charge in [0.1, 0.15) is 0 Å². The highest BCUT2D eigenvalue weighted by Crippen LogP contribution is 2.21. The first-order valence-corrected chi connectivity index (χ1v) is 8.40. The molecule has 23 heavy (non-hydrogen) atoms. The Balaban J connectivity index is 1.48. The number of piperidine rings is 1. The summed E-state index contributed by atoms with van der Waals surface area (Å²) in [5.41, 5.74) is 0.704. The molecule has 0 bridgehead atoms. The van der Waals surface area contributed by atoms with Crippen LogP contribution in [-0.2, 0) is 4.79 Å². The van der Waals surface area contributed by atoms with Gasteiger partial charge in [0, 0.05) is 25.2 Å². The van der Waals surface area contributed by atoms with E-state index in [1.165, 1.54) is 11.3 Å². The van der Waals surface area contributed by atoms with Crippen molar-refractivity contribution in [2.75, 3.05) is 23.7 Å². The molecule has 3 rings (SSSR count). The van der Waals surface area contributed by atoms with E-state index in [1.807, 2.05) is 23.6 Å². The minimum Gasteiger partial charge on any atom is -0.324 e. The Morgan fingerprint density at radius 2 is 2.00 bits per heavy atom. The summed E-state index contributed by atoms with van der Waals surface area (Å²) >= 11 is 1.49. The number of nitrogens with zero attached hydrogens (tertiary/aromatic N) is 2. The second-order valence-corrected chi connectivity index (χ2v) is 6.35. The Kier molecular flexibility index (Phi) is 4.87. The van der Waals surface area contributed by atoms with Gasteiger partial charge in [0.25, 0.3) is 0 Å². The molecule has 1 fully saturated rings. The van der Waals surface area contributed by atoms with Crippen LogP contribution in [-0.4, -0.2) is 34.9 Å². The molecule has 0 aromatic carbocycles. The van der Waals surface area contributed by atoms with Gasteiger partial charge in [-0.1, -0.05) is 0 Å². The number of likely N-dealkylation sites (tertiary alicyclic amines) is 1. The Morgan fingerprint density at radius 1 is 1.17 bits per heavy atom. The number of hydrogen-bond acceptors (Lipinski definition) is 4. The number of pyridine rings is 1. The van der Waals surface area contributed by atoms with Gasteiger partial charge in [-0.3, -0.25) is 15.1 Å². The molecule has 0 radical (unpaired) electrons. The molecule has 1 aliphatic rings. The van der Waals surface area contributed by atoms with Crippen LogP contribution >= 0.6 is 11.3 Å². The summed E-state index contributed by atoms with van der Waals surface area (Å²) in [4.78, 5) is 30.1. The number of anilines is 2. The lowest BCUT2D eigenvalue weighted by Gasteiger charge is -2.31. The van der Waals surface area contributed by atoms with E-state index in [0.29, 0.717) is 31.6 Å². The van der Waals surface area contributed by atoms with Crippen LogP contribution in [0.2, 0.25) is 0 Å². The molecule has 0 aliphatic carbocycles. The number of carbonyl (C=O) groups is 2. The third-order valence-electron chi connectivity index (χ3n) is 3.83. The highest BCUT2D eigenvalue weighted by molar-refractivity contribution is 7.14. The van der Waals surface area contributed by atoms with Crippen LogP contribution in [0.25, 0.3) is 0 Å². The van der Waals surface area contributed by atoms with E-state index in [0.717, 1.165) is 5.00 Å². The molecule has 0 atom stereocenters. The molecule has 7 heteroatoms. The Bertz CT molecular complexity index is 652. The highest BCUT2D eigenvalue weighted by Gasteiger charge is 2.27. The molecule has 0 spiro atoms. The Labute approximate surface area is 138 Å².